The first kappa shape index (κ1) is 11.4. The average Bonchev–Trinajstić information content (AvgIpc) is 2.22. The summed E-state index contributed by atoms with van der Waals surface area (Å²) in [5, 5.41) is 0.585. The fourth-order valence-corrected chi connectivity index (χ4v) is 1.85. The number of ether oxygens (including phenoxy) is 1. The van der Waals surface area contributed by atoms with Gasteiger partial charge in [-0.25, -0.2) is 4.98 Å². The zero-order valence-electron chi connectivity index (χ0n) is 8.58. The Morgan fingerprint density at radius 2 is 2.06 bits per heavy atom. The minimum Gasteiger partial charge on any atom is -0.437 e. The highest BCUT2D eigenvalue weighted by atomic mass is 79.9. The van der Waals surface area contributed by atoms with Gasteiger partial charge in [0.15, 0.2) is 0 Å². The molecule has 1 aromatic carbocycles. The van der Waals surface area contributed by atoms with Crippen LogP contribution in [-0.4, -0.2) is 4.98 Å². The first-order chi connectivity index (χ1) is 7.65. The van der Waals surface area contributed by atoms with E-state index in [1.54, 1.807) is 6.07 Å². The Kier molecular flexibility index (Phi) is 3.46. The molecule has 0 aliphatic rings. The van der Waals surface area contributed by atoms with Gasteiger partial charge in [-0.1, -0.05) is 23.7 Å². The molecular formula is C12H9BrClNO. The molecule has 4 heteroatoms. The fraction of sp³-hybridized carbons (Fsp3) is 0.0833. The van der Waals surface area contributed by atoms with E-state index in [-0.39, 0.29) is 0 Å². The molecule has 0 unspecified atom stereocenters. The Labute approximate surface area is 107 Å². The summed E-state index contributed by atoms with van der Waals surface area (Å²) in [6, 6.07) is 11.1. The van der Waals surface area contributed by atoms with E-state index in [2.05, 4.69) is 20.9 Å². The van der Waals surface area contributed by atoms with Crippen molar-refractivity contribution in [1.29, 1.82) is 0 Å². The van der Waals surface area contributed by atoms with Gasteiger partial charge in [-0.2, -0.15) is 0 Å². The molecule has 0 spiro atoms. The summed E-state index contributed by atoms with van der Waals surface area (Å²) in [6.07, 6.45) is 0. The zero-order chi connectivity index (χ0) is 11.5. The Balaban J connectivity index is 2.27. The summed E-state index contributed by atoms with van der Waals surface area (Å²) >= 11 is 9.34. The first-order valence-corrected chi connectivity index (χ1v) is 5.89. The normalized spacial score (nSPS) is 10.2. The molecule has 1 aromatic heterocycles. The third-order valence-electron chi connectivity index (χ3n) is 1.99. The Bertz CT molecular complexity index is 516. The van der Waals surface area contributed by atoms with Crippen LogP contribution in [-0.2, 0) is 0 Å². The predicted molar refractivity (Wildman–Crippen MR) is 68.2 cm³/mol. The number of benzene rings is 1. The lowest BCUT2D eigenvalue weighted by atomic mass is 10.2. The SMILES string of the molecule is Cc1ccc(Oc2cccc(Br)n2)c(Cl)c1. The monoisotopic (exact) mass is 297 g/mol. The van der Waals surface area contributed by atoms with Crippen LogP contribution >= 0.6 is 27.5 Å². The van der Waals surface area contributed by atoms with E-state index in [0.29, 0.717) is 16.7 Å². The molecule has 0 aliphatic carbocycles. The minimum absolute atomic E-state index is 0.514. The molecule has 2 rings (SSSR count). The molecule has 0 saturated heterocycles. The zero-order valence-corrected chi connectivity index (χ0v) is 10.9. The molecule has 16 heavy (non-hydrogen) atoms. The van der Waals surface area contributed by atoms with Gasteiger partial charge in [0, 0.05) is 6.07 Å². The van der Waals surface area contributed by atoms with Crippen LogP contribution in [0.1, 0.15) is 5.56 Å². The van der Waals surface area contributed by atoms with Gasteiger partial charge in [0.2, 0.25) is 5.88 Å². The predicted octanol–water partition coefficient (Wildman–Crippen LogP) is 4.60. The summed E-state index contributed by atoms with van der Waals surface area (Å²) in [4.78, 5) is 4.17. The maximum absolute atomic E-state index is 6.05. The number of rotatable bonds is 2. The quantitative estimate of drug-likeness (QED) is 0.756. The fourth-order valence-electron chi connectivity index (χ4n) is 1.25. The summed E-state index contributed by atoms with van der Waals surface area (Å²) in [5.41, 5.74) is 1.10. The number of hydrogen-bond acceptors (Lipinski definition) is 2. The number of halogens is 2. The van der Waals surface area contributed by atoms with Crippen LogP contribution in [0.15, 0.2) is 41.0 Å². The van der Waals surface area contributed by atoms with Crippen molar-refractivity contribution >= 4 is 27.5 Å². The number of hydrogen-bond donors (Lipinski definition) is 0. The van der Waals surface area contributed by atoms with Crippen molar-refractivity contribution in [3.05, 3.63) is 51.6 Å². The van der Waals surface area contributed by atoms with Crippen molar-refractivity contribution in [2.45, 2.75) is 6.92 Å². The maximum Gasteiger partial charge on any atom is 0.220 e. The Morgan fingerprint density at radius 3 is 2.75 bits per heavy atom. The lowest BCUT2D eigenvalue weighted by Gasteiger charge is -2.07. The maximum atomic E-state index is 6.05. The molecule has 2 aromatic rings. The van der Waals surface area contributed by atoms with Gasteiger partial charge in [0.25, 0.3) is 0 Å². The van der Waals surface area contributed by atoms with Gasteiger partial charge in [-0.05, 0) is 46.6 Å². The van der Waals surface area contributed by atoms with E-state index in [0.717, 1.165) is 10.2 Å². The molecule has 0 fully saturated rings. The molecular weight excluding hydrogens is 289 g/mol. The summed E-state index contributed by atoms with van der Waals surface area (Å²) in [7, 11) is 0. The highest BCUT2D eigenvalue weighted by Gasteiger charge is 2.04. The van der Waals surface area contributed by atoms with Crippen LogP contribution in [0.3, 0.4) is 0 Å². The molecule has 0 amide bonds. The summed E-state index contributed by atoms with van der Waals surface area (Å²) < 4.78 is 6.30. The van der Waals surface area contributed by atoms with E-state index >= 15 is 0 Å². The second kappa shape index (κ2) is 4.85. The van der Waals surface area contributed by atoms with Crippen LogP contribution in [0.4, 0.5) is 0 Å². The van der Waals surface area contributed by atoms with Crippen LogP contribution < -0.4 is 4.74 Å². The number of aryl methyl sites for hydroxylation is 1. The Hall–Kier alpha value is -1.06. The molecule has 0 bridgehead atoms. The van der Waals surface area contributed by atoms with Crippen LogP contribution in [0.5, 0.6) is 11.6 Å². The summed E-state index contributed by atoms with van der Waals surface area (Å²) in [5.74, 6) is 1.12. The minimum atomic E-state index is 0.514. The summed E-state index contributed by atoms with van der Waals surface area (Å²) in [6.45, 7) is 1.98. The molecule has 0 radical (unpaired) electrons. The van der Waals surface area contributed by atoms with Crippen molar-refractivity contribution in [3.8, 4) is 11.6 Å². The molecule has 82 valence electrons. The second-order valence-electron chi connectivity index (χ2n) is 3.33. The van der Waals surface area contributed by atoms with Crippen LogP contribution in [0.2, 0.25) is 5.02 Å². The molecule has 0 aliphatic heterocycles. The topological polar surface area (TPSA) is 22.1 Å². The molecule has 1 heterocycles. The smallest absolute Gasteiger partial charge is 0.220 e. The van der Waals surface area contributed by atoms with Crippen LogP contribution in [0.25, 0.3) is 0 Å². The van der Waals surface area contributed by atoms with Crippen molar-refractivity contribution in [2.24, 2.45) is 0 Å². The van der Waals surface area contributed by atoms with Gasteiger partial charge >= 0.3 is 0 Å². The third kappa shape index (κ3) is 2.74. The standard InChI is InChI=1S/C12H9BrClNO/c1-8-5-6-10(9(14)7-8)16-12-4-2-3-11(13)15-12/h2-7H,1H3. The molecule has 2 nitrogen and oxygen atoms in total. The van der Waals surface area contributed by atoms with Crippen molar-refractivity contribution in [2.75, 3.05) is 0 Å². The number of nitrogens with zero attached hydrogens (tertiary/aromatic N) is 1. The van der Waals surface area contributed by atoms with E-state index in [9.17, 15) is 0 Å². The highest BCUT2D eigenvalue weighted by molar-refractivity contribution is 9.10. The molecule has 0 saturated carbocycles. The first-order valence-electron chi connectivity index (χ1n) is 4.72. The lowest BCUT2D eigenvalue weighted by Crippen LogP contribution is -1.89. The van der Waals surface area contributed by atoms with Gasteiger partial charge in [-0.3, -0.25) is 0 Å². The van der Waals surface area contributed by atoms with Gasteiger partial charge in [0.05, 0.1) is 5.02 Å². The average molecular weight is 299 g/mol. The Morgan fingerprint density at radius 1 is 1.25 bits per heavy atom. The van der Waals surface area contributed by atoms with E-state index in [1.165, 1.54) is 0 Å². The van der Waals surface area contributed by atoms with Crippen molar-refractivity contribution in [1.82, 2.24) is 4.98 Å². The van der Waals surface area contributed by atoms with E-state index in [4.69, 9.17) is 16.3 Å². The lowest BCUT2D eigenvalue weighted by molar-refractivity contribution is 0.462. The van der Waals surface area contributed by atoms with Gasteiger partial charge < -0.3 is 4.74 Å². The number of pyridine rings is 1. The van der Waals surface area contributed by atoms with Crippen molar-refractivity contribution < 1.29 is 4.74 Å². The van der Waals surface area contributed by atoms with Gasteiger partial charge in [-0.15, -0.1) is 0 Å². The third-order valence-corrected chi connectivity index (χ3v) is 2.73. The second-order valence-corrected chi connectivity index (χ2v) is 4.55. The van der Waals surface area contributed by atoms with E-state index < -0.39 is 0 Å². The largest absolute Gasteiger partial charge is 0.437 e. The van der Waals surface area contributed by atoms with Crippen molar-refractivity contribution in [3.63, 3.8) is 0 Å². The molecule has 0 atom stereocenters. The highest BCUT2D eigenvalue weighted by Crippen LogP contribution is 2.29. The molecule has 0 N–H and O–H groups in total. The van der Waals surface area contributed by atoms with Gasteiger partial charge in [0.1, 0.15) is 10.4 Å². The van der Waals surface area contributed by atoms with E-state index in [1.807, 2.05) is 37.3 Å². The number of aromatic nitrogens is 1. The van der Waals surface area contributed by atoms with Crippen LogP contribution in [0, 0.1) is 6.92 Å².